The van der Waals surface area contributed by atoms with Gasteiger partial charge in [-0.3, -0.25) is 4.79 Å². The van der Waals surface area contributed by atoms with Gasteiger partial charge in [-0.15, -0.1) is 0 Å². The summed E-state index contributed by atoms with van der Waals surface area (Å²) < 4.78 is 28.4. The summed E-state index contributed by atoms with van der Waals surface area (Å²) in [4.78, 5) is 19.0. The molecule has 0 fully saturated rings. The van der Waals surface area contributed by atoms with Crippen LogP contribution in [-0.4, -0.2) is 22.5 Å². The number of amides is 1. The first-order valence-electron chi connectivity index (χ1n) is 7.11. The molecule has 0 radical (unpaired) electrons. The number of rotatable bonds is 7. The van der Waals surface area contributed by atoms with Gasteiger partial charge in [-0.2, -0.15) is 8.78 Å². The average Bonchev–Trinajstić information content (AvgIpc) is 3.05. The summed E-state index contributed by atoms with van der Waals surface area (Å²) in [7, 11) is 0. The molecule has 0 saturated carbocycles. The van der Waals surface area contributed by atoms with E-state index in [-0.39, 0.29) is 17.7 Å². The van der Waals surface area contributed by atoms with Crippen molar-refractivity contribution in [2.75, 3.05) is 0 Å². The number of benzene rings is 1. The van der Waals surface area contributed by atoms with E-state index in [1.807, 2.05) is 6.92 Å². The minimum Gasteiger partial charge on any atom is -0.435 e. The lowest BCUT2D eigenvalue weighted by Gasteiger charge is -2.12. The van der Waals surface area contributed by atoms with E-state index in [4.69, 9.17) is 0 Å². The van der Waals surface area contributed by atoms with E-state index < -0.39 is 6.61 Å². The Kier molecular flexibility index (Phi) is 5.85. The summed E-state index contributed by atoms with van der Waals surface area (Å²) in [6.45, 7) is -0.909. The zero-order valence-corrected chi connectivity index (χ0v) is 12.5. The summed E-state index contributed by atoms with van der Waals surface area (Å²) >= 11 is 0. The van der Waals surface area contributed by atoms with E-state index in [1.54, 1.807) is 30.6 Å². The highest BCUT2D eigenvalue weighted by Gasteiger charge is 2.12. The van der Waals surface area contributed by atoms with Gasteiger partial charge >= 0.3 is 6.61 Å². The molecule has 2 N–H and O–H groups in total. The molecule has 23 heavy (non-hydrogen) atoms. The van der Waals surface area contributed by atoms with Gasteiger partial charge in [0.25, 0.3) is 0 Å². The van der Waals surface area contributed by atoms with Crippen molar-refractivity contribution in [2.45, 2.75) is 26.0 Å². The van der Waals surface area contributed by atoms with Crippen LogP contribution in [0, 0.1) is 0 Å². The number of halogens is 2. The normalized spacial score (nSPS) is 12.5. The molecule has 2 rings (SSSR count). The number of hydrogen-bond acceptors (Lipinski definition) is 3. The molecular formula is C16H17F2N3O2. The second-order valence-corrected chi connectivity index (χ2v) is 4.72. The Labute approximate surface area is 132 Å². The maximum absolute atomic E-state index is 12.0. The summed E-state index contributed by atoms with van der Waals surface area (Å²) in [5, 5.41) is 2.83. The van der Waals surface area contributed by atoms with E-state index in [0.29, 0.717) is 17.8 Å². The number of carbonyl (C=O) groups is 1. The monoisotopic (exact) mass is 321 g/mol. The van der Waals surface area contributed by atoms with Crippen molar-refractivity contribution < 1.29 is 18.3 Å². The lowest BCUT2D eigenvalue weighted by atomic mass is 10.2. The Balaban J connectivity index is 1.92. The van der Waals surface area contributed by atoms with Crippen molar-refractivity contribution in [3.63, 3.8) is 0 Å². The van der Waals surface area contributed by atoms with Crippen LogP contribution in [0.1, 0.15) is 30.8 Å². The molecule has 0 spiro atoms. The van der Waals surface area contributed by atoms with Crippen molar-refractivity contribution in [3.8, 4) is 5.75 Å². The predicted octanol–water partition coefficient (Wildman–Crippen LogP) is 3.29. The summed E-state index contributed by atoms with van der Waals surface area (Å²) in [6.07, 6.45) is 7.00. The quantitative estimate of drug-likeness (QED) is 0.769. The second-order valence-electron chi connectivity index (χ2n) is 4.72. The van der Waals surface area contributed by atoms with Crippen molar-refractivity contribution in [1.82, 2.24) is 15.3 Å². The molecule has 1 aromatic heterocycles. The number of nitrogens with one attached hydrogen (secondary N) is 2. The number of alkyl halides is 2. The highest BCUT2D eigenvalue weighted by molar-refractivity contribution is 5.91. The third kappa shape index (κ3) is 5.21. The lowest BCUT2D eigenvalue weighted by Crippen LogP contribution is -2.27. The van der Waals surface area contributed by atoms with Gasteiger partial charge in [0.2, 0.25) is 5.91 Å². The number of hydrogen-bond donors (Lipinski definition) is 2. The van der Waals surface area contributed by atoms with Crippen LogP contribution < -0.4 is 10.1 Å². The van der Waals surface area contributed by atoms with Crippen LogP contribution in [0.25, 0.3) is 6.08 Å². The topological polar surface area (TPSA) is 67.0 Å². The smallest absolute Gasteiger partial charge is 0.387 e. The van der Waals surface area contributed by atoms with Crippen molar-refractivity contribution in [1.29, 1.82) is 0 Å². The molecule has 1 atom stereocenters. The van der Waals surface area contributed by atoms with Crippen LogP contribution in [0.3, 0.4) is 0 Å². The van der Waals surface area contributed by atoms with Crippen LogP contribution in [0.4, 0.5) is 8.78 Å². The lowest BCUT2D eigenvalue weighted by molar-refractivity contribution is -0.117. The average molecular weight is 321 g/mol. The Hall–Kier alpha value is -2.70. The molecule has 2 aromatic rings. The van der Waals surface area contributed by atoms with E-state index in [0.717, 1.165) is 0 Å². The van der Waals surface area contributed by atoms with Crippen molar-refractivity contribution in [2.24, 2.45) is 0 Å². The SMILES string of the molecule is CCC(NC(=O)/C=C/c1ccc(OC(F)F)cc1)c1ncc[nH]1. The Morgan fingerprint density at radius 3 is 2.70 bits per heavy atom. The molecule has 1 amide bonds. The van der Waals surface area contributed by atoms with E-state index in [1.165, 1.54) is 18.2 Å². The molecule has 0 aliphatic rings. The maximum atomic E-state index is 12.0. The third-order valence-electron chi connectivity index (χ3n) is 3.11. The van der Waals surface area contributed by atoms with Gasteiger partial charge < -0.3 is 15.0 Å². The summed E-state index contributed by atoms with van der Waals surface area (Å²) in [6, 6.07) is 5.82. The molecule has 1 heterocycles. The van der Waals surface area contributed by atoms with Gasteiger partial charge in [0.15, 0.2) is 0 Å². The third-order valence-corrected chi connectivity index (χ3v) is 3.11. The number of nitrogens with zero attached hydrogens (tertiary/aromatic N) is 1. The number of aromatic nitrogens is 2. The highest BCUT2D eigenvalue weighted by Crippen LogP contribution is 2.16. The molecule has 0 bridgehead atoms. The molecule has 122 valence electrons. The van der Waals surface area contributed by atoms with Gasteiger partial charge in [0, 0.05) is 18.5 Å². The number of H-pyrrole nitrogens is 1. The van der Waals surface area contributed by atoms with Gasteiger partial charge in [-0.25, -0.2) is 4.98 Å². The molecule has 1 aromatic carbocycles. The first-order valence-corrected chi connectivity index (χ1v) is 7.11. The molecule has 0 aliphatic heterocycles. The largest absolute Gasteiger partial charge is 0.435 e. The van der Waals surface area contributed by atoms with E-state index >= 15 is 0 Å². The fourth-order valence-electron chi connectivity index (χ4n) is 1.98. The van der Waals surface area contributed by atoms with Crippen LogP contribution in [-0.2, 0) is 4.79 Å². The standard InChI is InChI=1S/C16H17F2N3O2/c1-2-13(15-19-9-10-20-15)21-14(22)8-5-11-3-6-12(7-4-11)23-16(17)18/h3-10,13,16H,2H2,1H3,(H,19,20)(H,21,22)/b8-5+. The molecule has 0 aliphatic carbocycles. The van der Waals surface area contributed by atoms with E-state index in [9.17, 15) is 13.6 Å². The molecule has 0 saturated heterocycles. The molecular weight excluding hydrogens is 304 g/mol. The summed E-state index contributed by atoms with van der Waals surface area (Å²) in [5.74, 6) is 0.509. The number of aromatic amines is 1. The van der Waals surface area contributed by atoms with Gasteiger partial charge in [0.05, 0.1) is 6.04 Å². The predicted molar refractivity (Wildman–Crippen MR) is 81.9 cm³/mol. The summed E-state index contributed by atoms with van der Waals surface area (Å²) in [5.41, 5.74) is 0.702. The van der Waals surface area contributed by atoms with E-state index in [2.05, 4.69) is 20.0 Å². The highest BCUT2D eigenvalue weighted by atomic mass is 19.3. The van der Waals surface area contributed by atoms with Gasteiger partial charge in [-0.05, 0) is 30.2 Å². The Bertz CT molecular complexity index is 640. The minimum absolute atomic E-state index is 0.0745. The van der Waals surface area contributed by atoms with Crippen LogP contribution in [0.15, 0.2) is 42.7 Å². The maximum Gasteiger partial charge on any atom is 0.387 e. The Morgan fingerprint density at radius 1 is 1.39 bits per heavy atom. The Morgan fingerprint density at radius 2 is 2.13 bits per heavy atom. The number of carbonyl (C=O) groups excluding carboxylic acids is 1. The second kappa shape index (κ2) is 8.07. The minimum atomic E-state index is -2.85. The molecule has 7 heteroatoms. The molecule has 1 unspecified atom stereocenters. The van der Waals surface area contributed by atoms with Crippen molar-refractivity contribution >= 4 is 12.0 Å². The first kappa shape index (κ1) is 16.7. The van der Waals surface area contributed by atoms with Crippen LogP contribution >= 0.6 is 0 Å². The van der Waals surface area contributed by atoms with Gasteiger partial charge in [-0.1, -0.05) is 19.1 Å². The first-order chi connectivity index (χ1) is 11.1. The van der Waals surface area contributed by atoms with Crippen LogP contribution in [0.2, 0.25) is 0 Å². The van der Waals surface area contributed by atoms with Gasteiger partial charge in [0.1, 0.15) is 11.6 Å². The fourth-order valence-corrected chi connectivity index (χ4v) is 1.98. The zero-order chi connectivity index (χ0) is 16.7. The van der Waals surface area contributed by atoms with Crippen molar-refractivity contribution in [3.05, 3.63) is 54.1 Å². The molecule has 5 nitrogen and oxygen atoms in total. The van der Waals surface area contributed by atoms with Crippen LogP contribution in [0.5, 0.6) is 5.75 Å². The number of imidazole rings is 1. The fraction of sp³-hybridized carbons (Fsp3) is 0.250. The number of ether oxygens (including phenoxy) is 1. The zero-order valence-electron chi connectivity index (χ0n) is 12.5.